The Balaban J connectivity index is 1.41. The number of rotatable bonds is 3. The first-order valence-corrected chi connectivity index (χ1v) is 10.9. The third kappa shape index (κ3) is 3.88. The van der Waals surface area contributed by atoms with Crippen LogP contribution in [0.15, 0.2) is 36.8 Å². The Morgan fingerprint density at radius 3 is 2.86 bits per heavy atom. The van der Waals surface area contributed by atoms with Gasteiger partial charge < -0.3 is 5.32 Å². The molecule has 3 aromatic heterocycles. The van der Waals surface area contributed by atoms with Gasteiger partial charge >= 0.3 is 0 Å². The topological polar surface area (TPSA) is 50.7 Å². The normalized spacial score (nSPS) is 19.4. The molecule has 3 heterocycles. The van der Waals surface area contributed by atoms with Crippen LogP contribution in [-0.2, 0) is 6.42 Å². The zero-order valence-corrected chi connectivity index (χ0v) is 16.8. The summed E-state index contributed by atoms with van der Waals surface area (Å²) in [6.07, 6.45) is 11.6. The molecule has 7 heteroatoms. The molecule has 2 aliphatic rings. The van der Waals surface area contributed by atoms with Crippen LogP contribution in [0.1, 0.15) is 54.7 Å². The molecule has 150 valence electrons. The van der Waals surface area contributed by atoms with Crippen LogP contribution in [0, 0.1) is 0 Å². The highest BCUT2D eigenvalue weighted by Crippen LogP contribution is 2.37. The fourth-order valence-electron chi connectivity index (χ4n) is 4.15. The van der Waals surface area contributed by atoms with Crippen molar-refractivity contribution in [2.45, 2.75) is 56.9 Å². The average Bonchev–Trinajstić information content (AvgIpc) is 3.03. The predicted octanol–water partition coefficient (Wildman–Crippen LogP) is 5.84. The average molecular weight is 413 g/mol. The molecule has 2 aliphatic carbocycles. The van der Waals surface area contributed by atoms with E-state index in [1.165, 1.54) is 15.2 Å². The number of allylic oxidation sites excluding steroid dienone is 1. The standard InChI is InChI=1S/C22H22F2N4S/c23-22(24)8-5-15(6-9-22)27-21-26-13-17-16(3-1-2-4-18(17)28-21)20-11-14-12-25-10-7-19(14)29-20/h3,7,10-13,15H,1-2,4-6,8-9H2,(H,26,27,28). The SMILES string of the molecule is FC1(F)CCC(Nc2ncc3c(n2)CCCC=C3c2cc3cnccc3s2)CC1. The van der Waals surface area contributed by atoms with Gasteiger partial charge in [-0.1, -0.05) is 6.08 Å². The van der Waals surface area contributed by atoms with E-state index in [1.54, 1.807) is 11.3 Å². The number of alkyl halides is 2. The number of hydrogen-bond donors (Lipinski definition) is 1. The number of anilines is 1. The van der Waals surface area contributed by atoms with Gasteiger partial charge in [-0.25, -0.2) is 18.7 Å². The van der Waals surface area contributed by atoms with Crippen molar-refractivity contribution in [1.29, 1.82) is 0 Å². The minimum absolute atomic E-state index is 0.0172. The minimum Gasteiger partial charge on any atom is -0.351 e. The first kappa shape index (κ1) is 18.6. The molecule has 29 heavy (non-hydrogen) atoms. The van der Waals surface area contributed by atoms with Crippen LogP contribution in [0.3, 0.4) is 0 Å². The van der Waals surface area contributed by atoms with Gasteiger partial charge in [-0.15, -0.1) is 11.3 Å². The van der Waals surface area contributed by atoms with Crippen LogP contribution >= 0.6 is 11.3 Å². The summed E-state index contributed by atoms with van der Waals surface area (Å²) in [5, 5.41) is 4.43. The van der Waals surface area contributed by atoms with Crippen molar-refractivity contribution in [2.75, 3.05) is 5.32 Å². The van der Waals surface area contributed by atoms with E-state index in [9.17, 15) is 8.78 Å². The molecule has 5 rings (SSSR count). The van der Waals surface area contributed by atoms with Crippen LogP contribution in [0.25, 0.3) is 15.7 Å². The van der Waals surface area contributed by atoms with E-state index in [4.69, 9.17) is 4.98 Å². The predicted molar refractivity (Wildman–Crippen MR) is 112 cm³/mol. The highest BCUT2D eigenvalue weighted by Gasteiger charge is 2.35. The number of aryl methyl sites for hydroxylation is 1. The molecule has 4 nitrogen and oxygen atoms in total. The first-order chi connectivity index (χ1) is 14.1. The number of halogens is 2. The highest BCUT2D eigenvalue weighted by molar-refractivity contribution is 7.20. The molecule has 0 saturated heterocycles. The molecule has 3 aromatic rings. The third-order valence-corrected chi connectivity index (χ3v) is 6.91. The van der Waals surface area contributed by atoms with Crippen LogP contribution in [0.2, 0.25) is 0 Å². The lowest BCUT2D eigenvalue weighted by molar-refractivity contribution is -0.0361. The lowest BCUT2D eigenvalue weighted by Crippen LogP contribution is -2.32. The van der Waals surface area contributed by atoms with Gasteiger partial charge in [-0.3, -0.25) is 4.98 Å². The van der Waals surface area contributed by atoms with Crippen LogP contribution in [-0.4, -0.2) is 26.9 Å². The lowest BCUT2D eigenvalue weighted by Gasteiger charge is -2.28. The first-order valence-electron chi connectivity index (χ1n) is 10.1. The molecule has 1 N–H and O–H groups in total. The summed E-state index contributed by atoms with van der Waals surface area (Å²) in [5.41, 5.74) is 3.29. The lowest BCUT2D eigenvalue weighted by atomic mass is 9.92. The highest BCUT2D eigenvalue weighted by atomic mass is 32.1. The Morgan fingerprint density at radius 2 is 2.03 bits per heavy atom. The largest absolute Gasteiger partial charge is 0.351 e. The van der Waals surface area contributed by atoms with E-state index in [1.807, 2.05) is 24.7 Å². The van der Waals surface area contributed by atoms with Gasteiger partial charge in [-0.05, 0) is 49.8 Å². The fourth-order valence-corrected chi connectivity index (χ4v) is 5.23. The number of aromatic nitrogens is 3. The Hall–Kier alpha value is -2.41. The maximum Gasteiger partial charge on any atom is 0.248 e. The molecule has 0 atom stereocenters. The van der Waals surface area contributed by atoms with Crippen LogP contribution in [0.4, 0.5) is 14.7 Å². The number of hydrogen-bond acceptors (Lipinski definition) is 5. The zero-order chi connectivity index (χ0) is 19.8. The number of thiophene rings is 1. The number of fused-ring (bicyclic) bond motifs is 2. The van der Waals surface area contributed by atoms with E-state index in [-0.39, 0.29) is 18.9 Å². The number of pyridine rings is 1. The van der Waals surface area contributed by atoms with E-state index in [0.29, 0.717) is 18.8 Å². The van der Waals surface area contributed by atoms with Crippen LogP contribution in [0.5, 0.6) is 0 Å². The van der Waals surface area contributed by atoms with Gasteiger partial charge in [-0.2, -0.15) is 0 Å². The molecular formula is C22H22F2N4S. The van der Waals surface area contributed by atoms with Crippen molar-refractivity contribution >= 4 is 32.9 Å². The van der Waals surface area contributed by atoms with Crippen molar-refractivity contribution in [1.82, 2.24) is 15.0 Å². The van der Waals surface area contributed by atoms with Gasteiger partial charge in [0.2, 0.25) is 11.9 Å². The summed E-state index contributed by atoms with van der Waals surface area (Å²) >= 11 is 1.76. The summed E-state index contributed by atoms with van der Waals surface area (Å²) in [6.45, 7) is 0. The van der Waals surface area contributed by atoms with Gasteiger partial charge in [0.15, 0.2) is 0 Å². The van der Waals surface area contributed by atoms with Gasteiger partial charge in [0.25, 0.3) is 0 Å². The van der Waals surface area contributed by atoms with Crippen LogP contribution < -0.4 is 5.32 Å². The Morgan fingerprint density at radius 1 is 1.17 bits per heavy atom. The van der Waals surface area contributed by atoms with E-state index < -0.39 is 5.92 Å². The molecule has 0 aliphatic heterocycles. The van der Waals surface area contributed by atoms with E-state index in [2.05, 4.69) is 27.4 Å². The fraction of sp³-hybridized carbons (Fsp3) is 0.409. The van der Waals surface area contributed by atoms with Crippen molar-refractivity contribution in [3.05, 3.63) is 52.9 Å². The second-order valence-corrected chi connectivity index (χ2v) is 8.95. The number of nitrogens with zero attached hydrogens (tertiary/aromatic N) is 3. The van der Waals surface area contributed by atoms with Crippen molar-refractivity contribution in [2.24, 2.45) is 0 Å². The second-order valence-electron chi connectivity index (χ2n) is 7.86. The molecule has 0 aromatic carbocycles. The van der Waals surface area contributed by atoms with Crippen molar-refractivity contribution in [3.63, 3.8) is 0 Å². The van der Waals surface area contributed by atoms with Crippen molar-refractivity contribution < 1.29 is 8.78 Å². The Labute approximate surface area is 172 Å². The summed E-state index contributed by atoms with van der Waals surface area (Å²) in [7, 11) is 0. The maximum absolute atomic E-state index is 13.4. The molecule has 0 bridgehead atoms. The van der Waals surface area contributed by atoms with Gasteiger partial charge in [0, 0.05) is 58.0 Å². The molecule has 0 unspecified atom stereocenters. The summed E-state index contributed by atoms with van der Waals surface area (Å²) in [6, 6.07) is 4.24. The van der Waals surface area contributed by atoms with Gasteiger partial charge in [0.1, 0.15) is 0 Å². The Bertz CT molecular complexity index is 1030. The summed E-state index contributed by atoms with van der Waals surface area (Å²) in [4.78, 5) is 14.7. The molecular weight excluding hydrogens is 390 g/mol. The molecule has 0 amide bonds. The minimum atomic E-state index is -2.52. The molecule has 0 spiro atoms. The molecule has 0 radical (unpaired) electrons. The monoisotopic (exact) mass is 412 g/mol. The van der Waals surface area contributed by atoms with Crippen molar-refractivity contribution in [3.8, 4) is 0 Å². The quantitative estimate of drug-likeness (QED) is 0.587. The van der Waals surface area contributed by atoms with Gasteiger partial charge in [0.05, 0.1) is 5.69 Å². The number of nitrogens with one attached hydrogen (secondary N) is 1. The smallest absolute Gasteiger partial charge is 0.248 e. The molecule has 1 fully saturated rings. The second kappa shape index (κ2) is 7.44. The van der Waals surface area contributed by atoms with E-state index >= 15 is 0 Å². The maximum atomic E-state index is 13.4. The third-order valence-electron chi connectivity index (χ3n) is 5.76. The summed E-state index contributed by atoms with van der Waals surface area (Å²) < 4.78 is 28.0. The molecule has 1 saturated carbocycles. The zero-order valence-electron chi connectivity index (χ0n) is 16.0. The Kier molecular flexibility index (Phi) is 4.78. The van der Waals surface area contributed by atoms with E-state index in [0.717, 1.165) is 35.9 Å². The summed E-state index contributed by atoms with van der Waals surface area (Å²) in [5.74, 6) is -1.97.